The van der Waals surface area contributed by atoms with E-state index in [0.29, 0.717) is 28.0 Å². The van der Waals surface area contributed by atoms with Crippen molar-refractivity contribution in [3.05, 3.63) is 47.2 Å². The fourth-order valence-corrected chi connectivity index (χ4v) is 4.17. The molecule has 1 amide bonds. The number of thiazole rings is 1. The van der Waals surface area contributed by atoms with Gasteiger partial charge in [-0.2, -0.15) is 0 Å². The maximum absolute atomic E-state index is 13.8. The van der Waals surface area contributed by atoms with Crippen LogP contribution in [0.2, 0.25) is 5.02 Å². The van der Waals surface area contributed by atoms with Crippen molar-refractivity contribution in [1.29, 1.82) is 0 Å². The fraction of sp³-hybridized carbons (Fsp3) is 0.333. The zero-order chi connectivity index (χ0) is 21.7. The molecule has 0 aliphatic heterocycles. The van der Waals surface area contributed by atoms with E-state index in [1.807, 2.05) is 19.0 Å². The summed E-state index contributed by atoms with van der Waals surface area (Å²) in [5, 5.41) is 1.04. The lowest BCUT2D eigenvalue weighted by molar-refractivity contribution is -0.120. The van der Waals surface area contributed by atoms with Gasteiger partial charge in [-0.3, -0.25) is 9.69 Å². The lowest BCUT2D eigenvalue weighted by atomic mass is 10.3. The highest BCUT2D eigenvalue weighted by Gasteiger charge is 2.22. The Bertz CT molecular complexity index is 1030. The van der Waals surface area contributed by atoms with Gasteiger partial charge < -0.3 is 14.4 Å². The third kappa shape index (κ3) is 5.19. The zero-order valence-electron chi connectivity index (χ0n) is 17.0. The number of para-hydroxylation sites is 1. The highest BCUT2D eigenvalue weighted by atomic mass is 35.5. The third-order valence-electron chi connectivity index (χ3n) is 4.37. The molecule has 0 spiro atoms. The van der Waals surface area contributed by atoms with Crippen molar-refractivity contribution < 1.29 is 18.7 Å². The van der Waals surface area contributed by atoms with Crippen molar-refractivity contribution >= 4 is 44.2 Å². The van der Waals surface area contributed by atoms with Gasteiger partial charge in [-0.15, -0.1) is 0 Å². The Morgan fingerprint density at radius 2 is 1.93 bits per heavy atom. The lowest BCUT2D eigenvalue weighted by Gasteiger charge is -2.21. The molecule has 0 saturated heterocycles. The Hall–Kier alpha value is -2.42. The highest BCUT2D eigenvalue weighted by Crippen LogP contribution is 2.38. The average Bonchev–Trinajstić information content (AvgIpc) is 3.16. The summed E-state index contributed by atoms with van der Waals surface area (Å²) in [6.45, 7) is 0.939. The van der Waals surface area contributed by atoms with Crippen molar-refractivity contribution in [2.24, 2.45) is 0 Å². The predicted octanol–water partition coefficient (Wildman–Crippen LogP) is 4.46. The number of nitrogens with zero attached hydrogens (tertiary/aromatic N) is 3. The van der Waals surface area contributed by atoms with E-state index in [2.05, 4.69) is 4.98 Å². The predicted molar refractivity (Wildman–Crippen MR) is 119 cm³/mol. The molecule has 0 radical (unpaired) electrons. The number of amides is 1. The number of benzene rings is 2. The third-order valence-corrected chi connectivity index (χ3v) is 5.91. The summed E-state index contributed by atoms with van der Waals surface area (Å²) in [6, 6.07) is 9.48. The van der Waals surface area contributed by atoms with Gasteiger partial charge >= 0.3 is 0 Å². The molecule has 3 aromatic rings. The summed E-state index contributed by atoms with van der Waals surface area (Å²) in [5.74, 6) is -0.208. The Kier molecular flexibility index (Phi) is 7.47. The Balaban J connectivity index is 1.86. The van der Waals surface area contributed by atoms with Crippen LogP contribution in [0.25, 0.3) is 10.2 Å². The van der Waals surface area contributed by atoms with Gasteiger partial charge in [0.1, 0.15) is 11.3 Å². The molecule has 30 heavy (non-hydrogen) atoms. The van der Waals surface area contributed by atoms with E-state index in [0.717, 1.165) is 17.7 Å². The van der Waals surface area contributed by atoms with Crippen LogP contribution in [0.4, 0.5) is 9.52 Å². The number of ether oxygens (including phenoxy) is 2. The first-order valence-electron chi connectivity index (χ1n) is 9.36. The first-order valence-corrected chi connectivity index (χ1v) is 10.6. The highest BCUT2D eigenvalue weighted by molar-refractivity contribution is 7.23. The minimum absolute atomic E-state index is 0.0353. The van der Waals surface area contributed by atoms with E-state index >= 15 is 0 Å². The summed E-state index contributed by atoms with van der Waals surface area (Å²) in [7, 11) is 5.50. The van der Waals surface area contributed by atoms with E-state index in [4.69, 9.17) is 21.1 Å². The number of fused-ring (bicyclic) bond motifs is 1. The molecule has 1 heterocycles. The Morgan fingerprint density at radius 1 is 1.17 bits per heavy atom. The molecule has 3 rings (SSSR count). The number of methoxy groups -OCH3 is 1. The molecular weight excluding hydrogens is 429 g/mol. The van der Waals surface area contributed by atoms with Crippen LogP contribution in [-0.2, 0) is 4.79 Å². The summed E-state index contributed by atoms with van der Waals surface area (Å²) < 4.78 is 25.4. The molecule has 0 N–H and O–H groups in total. The van der Waals surface area contributed by atoms with Gasteiger partial charge in [-0.05, 0) is 51.3 Å². The van der Waals surface area contributed by atoms with Crippen molar-refractivity contribution in [1.82, 2.24) is 9.88 Å². The van der Waals surface area contributed by atoms with Crippen LogP contribution in [0.1, 0.15) is 6.42 Å². The van der Waals surface area contributed by atoms with Gasteiger partial charge in [0.25, 0.3) is 5.91 Å². The number of carbonyl (C=O) groups is 1. The van der Waals surface area contributed by atoms with Crippen LogP contribution >= 0.6 is 22.9 Å². The monoisotopic (exact) mass is 451 g/mol. The lowest BCUT2D eigenvalue weighted by Crippen LogP contribution is -2.37. The first-order chi connectivity index (χ1) is 14.4. The van der Waals surface area contributed by atoms with E-state index in [1.165, 1.54) is 23.5 Å². The maximum atomic E-state index is 13.8. The Morgan fingerprint density at radius 3 is 2.63 bits per heavy atom. The molecule has 0 bridgehead atoms. The second kappa shape index (κ2) is 10.1. The second-order valence-electron chi connectivity index (χ2n) is 6.85. The van der Waals surface area contributed by atoms with Crippen LogP contribution in [-0.4, -0.2) is 56.7 Å². The molecule has 0 saturated carbocycles. The molecule has 9 heteroatoms. The van der Waals surface area contributed by atoms with Gasteiger partial charge in [0.05, 0.1) is 16.8 Å². The summed E-state index contributed by atoms with van der Waals surface area (Å²) >= 11 is 7.64. The molecule has 0 atom stereocenters. The number of hydrogen-bond acceptors (Lipinski definition) is 6. The quantitative estimate of drug-likeness (QED) is 0.480. The van der Waals surface area contributed by atoms with Gasteiger partial charge in [-0.25, -0.2) is 9.37 Å². The summed E-state index contributed by atoms with van der Waals surface area (Å²) in [4.78, 5) is 21.2. The van der Waals surface area contributed by atoms with Gasteiger partial charge in [0, 0.05) is 6.54 Å². The van der Waals surface area contributed by atoms with Crippen LogP contribution in [0.5, 0.6) is 11.5 Å². The van der Waals surface area contributed by atoms with Crippen LogP contribution in [0.15, 0.2) is 36.4 Å². The normalized spacial score (nSPS) is 11.1. The van der Waals surface area contributed by atoms with E-state index in [1.54, 1.807) is 36.3 Å². The molecule has 0 aliphatic rings. The molecule has 0 unspecified atom stereocenters. The molecule has 0 aliphatic carbocycles. The maximum Gasteiger partial charge on any atom is 0.266 e. The first kappa shape index (κ1) is 22.3. The molecule has 0 fully saturated rings. The summed E-state index contributed by atoms with van der Waals surface area (Å²) in [6.07, 6.45) is 0.735. The number of hydrogen-bond donors (Lipinski definition) is 0. The summed E-state index contributed by atoms with van der Waals surface area (Å²) in [5.41, 5.74) is 0.602. The van der Waals surface area contributed by atoms with Gasteiger partial charge in [-0.1, -0.05) is 35.1 Å². The SMILES string of the molecule is COc1ccc(Cl)c2sc(N(CCCN(C)C)C(=O)COc3ccccc3F)nc12. The number of rotatable bonds is 9. The van der Waals surface area contributed by atoms with E-state index < -0.39 is 5.82 Å². The molecule has 1 aromatic heterocycles. The molecular formula is C21H23ClFN3O3S. The second-order valence-corrected chi connectivity index (χ2v) is 8.23. The molecule has 160 valence electrons. The number of halogens is 2. The van der Waals surface area contributed by atoms with Gasteiger partial charge in [0.2, 0.25) is 0 Å². The fourth-order valence-electron chi connectivity index (χ4n) is 2.87. The zero-order valence-corrected chi connectivity index (χ0v) is 18.6. The standard InChI is InChI=1S/C21H23ClFN3O3S/c1-25(2)11-6-12-26(18(27)13-29-16-8-5-4-7-15(16)23)21-24-19-17(28-3)10-9-14(22)20(19)30-21/h4-5,7-10H,6,11-13H2,1-3H3. The smallest absolute Gasteiger partial charge is 0.266 e. The van der Waals surface area contributed by atoms with Crippen molar-refractivity contribution in [3.8, 4) is 11.5 Å². The largest absolute Gasteiger partial charge is 0.494 e. The van der Waals surface area contributed by atoms with Crippen LogP contribution in [0.3, 0.4) is 0 Å². The average molecular weight is 452 g/mol. The number of anilines is 1. The Labute approximate surface area is 183 Å². The van der Waals surface area contributed by atoms with E-state index in [9.17, 15) is 9.18 Å². The van der Waals surface area contributed by atoms with Crippen molar-refractivity contribution in [3.63, 3.8) is 0 Å². The van der Waals surface area contributed by atoms with Crippen LogP contribution in [0, 0.1) is 5.82 Å². The van der Waals surface area contributed by atoms with Crippen molar-refractivity contribution in [2.75, 3.05) is 45.8 Å². The minimum atomic E-state index is -0.513. The van der Waals surface area contributed by atoms with Crippen molar-refractivity contribution in [2.45, 2.75) is 6.42 Å². The topological polar surface area (TPSA) is 54.9 Å². The minimum Gasteiger partial charge on any atom is -0.494 e. The number of aromatic nitrogens is 1. The number of carbonyl (C=O) groups excluding carboxylic acids is 1. The molecule has 2 aromatic carbocycles. The van der Waals surface area contributed by atoms with Gasteiger partial charge in [0.15, 0.2) is 23.3 Å². The van der Waals surface area contributed by atoms with Crippen LogP contribution < -0.4 is 14.4 Å². The molecule has 6 nitrogen and oxygen atoms in total. The van der Waals surface area contributed by atoms with E-state index in [-0.39, 0.29) is 18.3 Å².